The van der Waals surface area contributed by atoms with Gasteiger partial charge in [-0.3, -0.25) is 4.79 Å². The standard InChI is InChI=1S/C17H11BrClNO/c1-11(13-3-2-4-14(18)9-13)16(10-20)17(21)12-5-7-15(19)8-6-12/h2-9H,1H3/b16-11-. The van der Waals surface area contributed by atoms with Gasteiger partial charge in [-0.2, -0.15) is 5.26 Å². The van der Waals surface area contributed by atoms with Crippen LogP contribution in [-0.4, -0.2) is 5.78 Å². The van der Waals surface area contributed by atoms with Crippen LogP contribution in [0.3, 0.4) is 0 Å². The Morgan fingerprint density at radius 1 is 1.14 bits per heavy atom. The summed E-state index contributed by atoms with van der Waals surface area (Å²) in [6.07, 6.45) is 0. The van der Waals surface area contributed by atoms with E-state index in [0.717, 1.165) is 10.0 Å². The van der Waals surface area contributed by atoms with Gasteiger partial charge in [0.1, 0.15) is 11.6 Å². The van der Waals surface area contributed by atoms with Crippen molar-refractivity contribution in [3.8, 4) is 6.07 Å². The summed E-state index contributed by atoms with van der Waals surface area (Å²) in [6, 6.07) is 16.0. The molecule has 2 aromatic carbocycles. The molecule has 0 aliphatic rings. The smallest absolute Gasteiger partial charge is 0.203 e. The molecule has 0 aliphatic carbocycles. The van der Waals surface area contributed by atoms with Crippen LogP contribution < -0.4 is 0 Å². The zero-order valence-electron chi connectivity index (χ0n) is 11.2. The van der Waals surface area contributed by atoms with E-state index in [2.05, 4.69) is 15.9 Å². The highest BCUT2D eigenvalue weighted by Gasteiger charge is 2.16. The van der Waals surface area contributed by atoms with E-state index in [1.165, 1.54) is 0 Å². The predicted octanol–water partition coefficient (Wildman–Crippen LogP) is 5.28. The monoisotopic (exact) mass is 359 g/mol. The molecule has 2 aromatic rings. The zero-order valence-corrected chi connectivity index (χ0v) is 13.6. The van der Waals surface area contributed by atoms with Crippen molar-refractivity contribution in [3.63, 3.8) is 0 Å². The second kappa shape index (κ2) is 6.71. The summed E-state index contributed by atoms with van der Waals surface area (Å²) >= 11 is 9.20. The first-order valence-electron chi connectivity index (χ1n) is 6.20. The molecule has 0 bridgehead atoms. The molecule has 0 aromatic heterocycles. The van der Waals surface area contributed by atoms with Crippen molar-refractivity contribution in [1.29, 1.82) is 5.26 Å². The lowest BCUT2D eigenvalue weighted by Gasteiger charge is -2.06. The topological polar surface area (TPSA) is 40.9 Å². The first kappa shape index (κ1) is 15.5. The molecule has 0 spiro atoms. The van der Waals surface area contributed by atoms with Gasteiger partial charge in [0, 0.05) is 15.1 Å². The molecule has 0 fully saturated rings. The summed E-state index contributed by atoms with van der Waals surface area (Å²) in [5, 5.41) is 9.90. The van der Waals surface area contributed by atoms with Crippen molar-refractivity contribution >= 4 is 38.9 Å². The summed E-state index contributed by atoms with van der Waals surface area (Å²) in [7, 11) is 0. The maximum atomic E-state index is 12.5. The molecule has 2 nitrogen and oxygen atoms in total. The molecule has 0 saturated carbocycles. The van der Waals surface area contributed by atoms with Crippen LogP contribution in [0, 0.1) is 11.3 Å². The van der Waals surface area contributed by atoms with Gasteiger partial charge in [-0.05, 0) is 54.5 Å². The number of carbonyl (C=O) groups excluding carboxylic acids is 1. The average molecular weight is 361 g/mol. The van der Waals surface area contributed by atoms with Crippen molar-refractivity contribution in [2.75, 3.05) is 0 Å². The maximum Gasteiger partial charge on any atom is 0.203 e. The summed E-state index contributed by atoms with van der Waals surface area (Å²) < 4.78 is 0.899. The number of ketones is 1. The predicted molar refractivity (Wildman–Crippen MR) is 88.1 cm³/mol. The Labute approximate surface area is 136 Å². The quantitative estimate of drug-likeness (QED) is 0.424. The second-order valence-corrected chi connectivity index (χ2v) is 5.81. The largest absolute Gasteiger partial charge is 0.288 e. The SMILES string of the molecule is C/C(=C(\C#N)C(=O)c1ccc(Cl)cc1)c1cccc(Br)c1. The number of allylic oxidation sites excluding steroid dienone is 2. The Morgan fingerprint density at radius 2 is 1.81 bits per heavy atom. The molecular weight excluding hydrogens is 350 g/mol. The van der Waals surface area contributed by atoms with E-state index in [0.29, 0.717) is 16.2 Å². The van der Waals surface area contributed by atoms with E-state index in [1.807, 2.05) is 30.3 Å². The van der Waals surface area contributed by atoms with Gasteiger partial charge < -0.3 is 0 Å². The van der Waals surface area contributed by atoms with E-state index in [4.69, 9.17) is 11.6 Å². The van der Waals surface area contributed by atoms with Crippen LogP contribution >= 0.6 is 27.5 Å². The van der Waals surface area contributed by atoms with Crippen LogP contribution in [0.25, 0.3) is 5.57 Å². The molecule has 104 valence electrons. The minimum atomic E-state index is -0.299. The fourth-order valence-corrected chi connectivity index (χ4v) is 2.44. The van der Waals surface area contributed by atoms with Crippen LogP contribution in [0.1, 0.15) is 22.8 Å². The van der Waals surface area contributed by atoms with Gasteiger partial charge in [0.15, 0.2) is 0 Å². The number of benzene rings is 2. The molecule has 0 saturated heterocycles. The van der Waals surface area contributed by atoms with E-state index in [9.17, 15) is 10.1 Å². The number of hydrogen-bond donors (Lipinski definition) is 0. The molecule has 0 radical (unpaired) electrons. The molecule has 0 amide bonds. The first-order valence-corrected chi connectivity index (χ1v) is 7.37. The number of halogens is 2. The molecule has 0 unspecified atom stereocenters. The molecule has 0 atom stereocenters. The minimum absolute atomic E-state index is 0.135. The van der Waals surface area contributed by atoms with E-state index >= 15 is 0 Å². The number of hydrogen-bond acceptors (Lipinski definition) is 2. The van der Waals surface area contributed by atoms with E-state index in [1.54, 1.807) is 31.2 Å². The minimum Gasteiger partial charge on any atom is -0.288 e. The Morgan fingerprint density at radius 3 is 2.38 bits per heavy atom. The van der Waals surface area contributed by atoms with Gasteiger partial charge in [-0.1, -0.05) is 39.7 Å². The van der Waals surface area contributed by atoms with Crippen molar-refractivity contribution in [1.82, 2.24) is 0 Å². The third-order valence-electron chi connectivity index (χ3n) is 3.08. The number of rotatable bonds is 3. The zero-order chi connectivity index (χ0) is 15.4. The highest BCUT2D eigenvalue weighted by molar-refractivity contribution is 9.10. The second-order valence-electron chi connectivity index (χ2n) is 4.46. The van der Waals surface area contributed by atoms with Gasteiger partial charge in [-0.25, -0.2) is 0 Å². The van der Waals surface area contributed by atoms with Crippen molar-refractivity contribution in [3.05, 3.63) is 74.7 Å². The van der Waals surface area contributed by atoms with Gasteiger partial charge >= 0.3 is 0 Å². The highest BCUT2D eigenvalue weighted by Crippen LogP contribution is 2.24. The fraction of sp³-hybridized carbons (Fsp3) is 0.0588. The van der Waals surface area contributed by atoms with Gasteiger partial charge in [0.2, 0.25) is 5.78 Å². The molecule has 0 aliphatic heterocycles. The van der Waals surface area contributed by atoms with Gasteiger partial charge in [0.05, 0.1) is 0 Å². The summed E-state index contributed by atoms with van der Waals surface area (Å²) in [6.45, 7) is 1.77. The van der Waals surface area contributed by atoms with Crippen LogP contribution in [-0.2, 0) is 0 Å². The third-order valence-corrected chi connectivity index (χ3v) is 3.82. The van der Waals surface area contributed by atoms with Crippen molar-refractivity contribution in [2.45, 2.75) is 6.92 Å². The molecule has 21 heavy (non-hydrogen) atoms. The number of carbonyl (C=O) groups is 1. The molecule has 0 heterocycles. The van der Waals surface area contributed by atoms with Crippen molar-refractivity contribution < 1.29 is 4.79 Å². The molecule has 0 N–H and O–H groups in total. The Balaban J connectivity index is 2.47. The van der Waals surface area contributed by atoms with Crippen LogP contribution in [0.5, 0.6) is 0 Å². The van der Waals surface area contributed by atoms with Crippen LogP contribution in [0.2, 0.25) is 5.02 Å². The number of nitriles is 1. The number of Topliss-reactive ketones (excluding diaryl/α,β-unsaturated/α-hetero) is 1. The maximum absolute atomic E-state index is 12.5. The van der Waals surface area contributed by atoms with Crippen LogP contribution in [0.15, 0.2) is 58.6 Å². The summed E-state index contributed by atoms with van der Waals surface area (Å²) in [5.74, 6) is -0.299. The number of nitrogens with zero attached hydrogens (tertiary/aromatic N) is 1. The van der Waals surface area contributed by atoms with E-state index in [-0.39, 0.29) is 11.4 Å². The normalized spacial score (nSPS) is 11.5. The lowest BCUT2D eigenvalue weighted by Crippen LogP contribution is -2.04. The summed E-state index contributed by atoms with van der Waals surface area (Å²) in [4.78, 5) is 12.5. The van der Waals surface area contributed by atoms with E-state index < -0.39 is 0 Å². The van der Waals surface area contributed by atoms with Gasteiger partial charge in [0.25, 0.3) is 0 Å². The molecular formula is C17H11BrClNO. The van der Waals surface area contributed by atoms with Crippen molar-refractivity contribution in [2.24, 2.45) is 0 Å². The average Bonchev–Trinajstić information content (AvgIpc) is 2.48. The Kier molecular flexibility index (Phi) is 4.95. The van der Waals surface area contributed by atoms with Crippen LogP contribution in [0.4, 0.5) is 0 Å². The highest BCUT2D eigenvalue weighted by atomic mass is 79.9. The third kappa shape index (κ3) is 3.60. The Hall–Kier alpha value is -1.89. The van der Waals surface area contributed by atoms with Gasteiger partial charge in [-0.15, -0.1) is 0 Å². The fourth-order valence-electron chi connectivity index (χ4n) is 1.92. The molecule has 2 rings (SSSR count). The summed E-state index contributed by atoms with van der Waals surface area (Å²) in [5.41, 5.74) is 2.07. The first-order chi connectivity index (χ1) is 10.0. The lowest BCUT2D eigenvalue weighted by atomic mass is 9.96. The Bertz CT molecular complexity index is 757. The lowest BCUT2D eigenvalue weighted by molar-refractivity contribution is 0.103. The molecule has 4 heteroatoms.